The van der Waals surface area contributed by atoms with Crippen molar-refractivity contribution < 1.29 is 14.3 Å². The fourth-order valence-electron chi connectivity index (χ4n) is 1.97. The Hall–Kier alpha value is -1.84. The number of likely N-dealkylation sites (tertiary alicyclic amines) is 1. The highest BCUT2D eigenvalue weighted by molar-refractivity contribution is 5.92. The molecule has 96 valence electrons. The van der Waals surface area contributed by atoms with E-state index >= 15 is 0 Å². The minimum absolute atomic E-state index is 0.133. The molecule has 1 saturated heterocycles. The van der Waals surface area contributed by atoms with Crippen molar-refractivity contribution in [3.63, 3.8) is 0 Å². The highest BCUT2D eigenvalue weighted by Gasteiger charge is 2.28. The van der Waals surface area contributed by atoms with Crippen LogP contribution in [0.3, 0.4) is 0 Å². The third-order valence-electron chi connectivity index (χ3n) is 3.10. The molecule has 1 atom stereocenters. The van der Waals surface area contributed by atoms with Gasteiger partial charge in [0.25, 0.3) is 0 Å². The Bertz CT molecular complexity index is 430. The van der Waals surface area contributed by atoms with E-state index in [4.69, 9.17) is 4.74 Å². The van der Waals surface area contributed by atoms with E-state index in [0.717, 1.165) is 12.0 Å². The van der Waals surface area contributed by atoms with Gasteiger partial charge in [0.05, 0.1) is 0 Å². The number of hydrogen-bond donors (Lipinski definition) is 0. The largest absolute Gasteiger partial charge is 0.444 e. The van der Waals surface area contributed by atoms with Crippen molar-refractivity contribution in [3.8, 4) is 0 Å². The molecule has 1 unspecified atom stereocenters. The lowest BCUT2D eigenvalue weighted by Crippen LogP contribution is -2.42. The highest BCUT2D eigenvalue weighted by atomic mass is 16.6. The number of amides is 2. The van der Waals surface area contributed by atoms with Crippen molar-refractivity contribution in [2.24, 2.45) is 5.92 Å². The van der Waals surface area contributed by atoms with E-state index in [1.165, 1.54) is 4.90 Å². The average Bonchev–Trinajstić information content (AvgIpc) is 2.37. The molecule has 0 radical (unpaired) electrons. The first-order chi connectivity index (χ1) is 8.66. The van der Waals surface area contributed by atoms with Crippen LogP contribution >= 0.6 is 0 Å². The SMILES string of the molecule is CC1CCN(C(=O)OCc2ccccc2)C(=O)C1. The van der Waals surface area contributed by atoms with Gasteiger partial charge >= 0.3 is 6.09 Å². The summed E-state index contributed by atoms with van der Waals surface area (Å²) in [6, 6.07) is 9.44. The molecule has 4 heteroatoms. The molecule has 4 nitrogen and oxygen atoms in total. The van der Waals surface area contributed by atoms with E-state index in [2.05, 4.69) is 0 Å². The predicted octanol–water partition coefficient (Wildman–Crippen LogP) is 2.58. The number of hydrogen-bond acceptors (Lipinski definition) is 3. The molecule has 0 aliphatic carbocycles. The summed E-state index contributed by atoms with van der Waals surface area (Å²) in [4.78, 5) is 24.7. The Balaban J connectivity index is 1.87. The standard InChI is InChI=1S/C14H17NO3/c1-11-7-8-15(13(16)9-11)14(17)18-10-12-5-3-2-4-6-12/h2-6,11H,7-10H2,1H3. The van der Waals surface area contributed by atoms with Crippen molar-refractivity contribution in [2.75, 3.05) is 6.54 Å². The summed E-state index contributed by atoms with van der Waals surface area (Å²) in [5.74, 6) is 0.225. The number of imide groups is 1. The minimum atomic E-state index is -0.532. The molecule has 1 fully saturated rings. The Morgan fingerprint density at radius 3 is 2.78 bits per heavy atom. The van der Waals surface area contributed by atoms with Crippen LogP contribution in [0.5, 0.6) is 0 Å². The van der Waals surface area contributed by atoms with Crippen LogP contribution in [0.1, 0.15) is 25.3 Å². The average molecular weight is 247 g/mol. The van der Waals surface area contributed by atoms with Gasteiger partial charge in [0.15, 0.2) is 0 Å². The first kappa shape index (κ1) is 12.6. The first-order valence-electron chi connectivity index (χ1n) is 6.18. The Labute approximate surface area is 107 Å². The van der Waals surface area contributed by atoms with Gasteiger partial charge in [-0.3, -0.25) is 4.79 Å². The van der Waals surface area contributed by atoms with E-state index in [1.54, 1.807) is 0 Å². The predicted molar refractivity (Wildman–Crippen MR) is 66.7 cm³/mol. The van der Waals surface area contributed by atoms with Gasteiger partial charge in [-0.25, -0.2) is 9.69 Å². The molecular weight excluding hydrogens is 230 g/mol. The maximum absolute atomic E-state index is 11.8. The molecule has 2 amide bonds. The van der Waals surface area contributed by atoms with Gasteiger partial charge in [-0.15, -0.1) is 0 Å². The lowest BCUT2D eigenvalue weighted by atomic mass is 9.99. The maximum atomic E-state index is 11.8. The van der Waals surface area contributed by atoms with E-state index in [0.29, 0.717) is 18.9 Å². The number of piperidine rings is 1. The topological polar surface area (TPSA) is 46.6 Å². The summed E-state index contributed by atoms with van der Waals surface area (Å²) in [6.07, 6.45) is 0.753. The van der Waals surface area contributed by atoms with Crippen LogP contribution in [-0.4, -0.2) is 23.4 Å². The number of carbonyl (C=O) groups is 2. The van der Waals surface area contributed by atoms with Gasteiger partial charge in [0.2, 0.25) is 5.91 Å². The van der Waals surface area contributed by atoms with Crippen LogP contribution in [0.15, 0.2) is 30.3 Å². The first-order valence-corrected chi connectivity index (χ1v) is 6.18. The Morgan fingerprint density at radius 1 is 1.39 bits per heavy atom. The Morgan fingerprint density at radius 2 is 2.11 bits per heavy atom. The molecule has 1 aromatic carbocycles. The molecule has 0 spiro atoms. The fraction of sp³-hybridized carbons (Fsp3) is 0.429. The second kappa shape index (κ2) is 5.67. The second-order valence-electron chi connectivity index (χ2n) is 4.68. The smallest absolute Gasteiger partial charge is 0.416 e. The third-order valence-corrected chi connectivity index (χ3v) is 3.10. The summed E-state index contributed by atoms with van der Waals surface area (Å²) in [5, 5.41) is 0. The lowest BCUT2D eigenvalue weighted by molar-refractivity contribution is -0.132. The van der Waals surface area contributed by atoms with E-state index in [1.807, 2.05) is 37.3 Å². The number of benzene rings is 1. The monoisotopic (exact) mass is 247 g/mol. The van der Waals surface area contributed by atoms with Crippen LogP contribution in [-0.2, 0) is 16.1 Å². The summed E-state index contributed by atoms with van der Waals surface area (Å²) in [6.45, 7) is 2.69. The van der Waals surface area contributed by atoms with Gasteiger partial charge in [-0.1, -0.05) is 37.3 Å². The van der Waals surface area contributed by atoms with Crippen molar-refractivity contribution >= 4 is 12.0 Å². The zero-order valence-electron chi connectivity index (χ0n) is 10.5. The quantitative estimate of drug-likeness (QED) is 0.807. The second-order valence-corrected chi connectivity index (χ2v) is 4.68. The number of rotatable bonds is 2. The molecule has 1 aliphatic heterocycles. The highest BCUT2D eigenvalue weighted by Crippen LogP contribution is 2.18. The molecule has 1 aliphatic rings. The van der Waals surface area contributed by atoms with Gasteiger partial charge < -0.3 is 4.74 Å². The molecular formula is C14H17NO3. The molecule has 2 rings (SSSR count). The molecule has 1 heterocycles. The Kier molecular flexibility index (Phi) is 3.97. The molecule has 0 N–H and O–H groups in total. The van der Waals surface area contributed by atoms with Crippen LogP contribution in [0, 0.1) is 5.92 Å². The third kappa shape index (κ3) is 3.09. The van der Waals surface area contributed by atoms with E-state index in [-0.39, 0.29) is 12.5 Å². The van der Waals surface area contributed by atoms with Gasteiger partial charge in [-0.2, -0.15) is 0 Å². The van der Waals surface area contributed by atoms with Gasteiger partial charge in [-0.05, 0) is 17.9 Å². The van der Waals surface area contributed by atoms with E-state index in [9.17, 15) is 9.59 Å². The molecule has 18 heavy (non-hydrogen) atoms. The fourth-order valence-corrected chi connectivity index (χ4v) is 1.97. The van der Waals surface area contributed by atoms with Crippen molar-refractivity contribution in [3.05, 3.63) is 35.9 Å². The minimum Gasteiger partial charge on any atom is -0.444 e. The van der Waals surface area contributed by atoms with Crippen molar-refractivity contribution in [2.45, 2.75) is 26.4 Å². The normalized spacial score (nSPS) is 19.7. The zero-order valence-corrected chi connectivity index (χ0v) is 10.5. The summed E-state index contributed by atoms with van der Waals surface area (Å²) in [5.41, 5.74) is 0.920. The lowest BCUT2D eigenvalue weighted by Gasteiger charge is -2.27. The molecule has 0 aromatic heterocycles. The van der Waals surface area contributed by atoms with Crippen LogP contribution < -0.4 is 0 Å². The van der Waals surface area contributed by atoms with Crippen LogP contribution in [0.25, 0.3) is 0 Å². The number of ether oxygens (including phenoxy) is 1. The van der Waals surface area contributed by atoms with Crippen molar-refractivity contribution in [1.29, 1.82) is 0 Å². The summed E-state index contributed by atoms with van der Waals surface area (Å²) >= 11 is 0. The molecule has 1 aromatic rings. The van der Waals surface area contributed by atoms with E-state index < -0.39 is 6.09 Å². The van der Waals surface area contributed by atoms with Crippen molar-refractivity contribution in [1.82, 2.24) is 4.90 Å². The molecule has 0 bridgehead atoms. The molecule has 0 saturated carbocycles. The maximum Gasteiger partial charge on any atom is 0.416 e. The van der Waals surface area contributed by atoms with Crippen LogP contribution in [0.2, 0.25) is 0 Å². The number of nitrogens with zero attached hydrogens (tertiary/aromatic N) is 1. The van der Waals surface area contributed by atoms with Gasteiger partial charge in [0, 0.05) is 13.0 Å². The summed E-state index contributed by atoms with van der Waals surface area (Å²) < 4.78 is 5.14. The van der Waals surface area contributed by atoms with Gasteiger partial charge in [0.1, 0.15) is 6.61 Å². The zero-order chi connectivity index (χ0) is 13.0. The summed E-state index contributed by atoms with van der Waals surface area (Å²) in [7, 11) is 0. The number of carbonyl (C=O) groups excluding carboxylic acids is 2. The van der Waals surface area contributed by atoms with Crippen LogP contribution in [0.4, 0.5) is 4.79 Å².